The topological polar surface area (TPSA) is 86.3 Å². The van der Waals surface area contributed by atoms with Crippen LogP contribution in [0, 0.1) is 0 Å². The van der Waals surface area contributed by atoms with Gasteiger partial charge in [-0.3, -0.25) is 0 Å². The van der Waals surface area contributed by atoms with Gasteiger partial charge in [0, 0.05) is 34.9 Å². The highest BCUT2D eigenvalue weighted by molar-refractivity contribution is 9.10. The van der Waals surface area contributed by atoms with Gasteiger partial charge in [0.1, 0.15) is 16.9 Å². The van der Waals surface area contributed by atoms with E-state index in [1.807, 2.05) is 32.9 Å². The number of piperidine rings is 1. The standard InChI is InChI=1S/C23H30BrN5O2/c1-13(2)29-19-16-9-8-15(24)11-17(16)26-20(25)18(19)27-21(29)14-7-6-10-28(12-14)22(30)31-23(3,4)5/h8-9,11,13-14H,6-7,10,12H2,1-5H3,(H2,25,26). The Morgan fingerprint density at radius 3 is 2.71 bits per heavy atom. The van der Waals surface area contributed by atoms with Crippen LogP contribution in [0.5, 0.6) is 0 Å². The molecule has 1 aliphatic rings. The van der Waals surface area contributed by atoms with Crippen LogP contribution >= 0.6 is 15.9 Å². The molecule has 7 nitrogen and oxygen atoms in total. The summed E-state index contributed by atoms with van der Waals surface area (Å²) in [5.41, 5.74) is 8.41. The van der Waals surface area contributed by atoms with Crippen LogP contribution in [0.25, 0.3) is 21.9 Å². The SMILES string of the molecule is CC(C)n1c(C2CCCN(C(=O)OC(C)(C)C)C2)nc2c(N)nc3cc(Br)ccc3c21. The van der Waals surface area contributed by atoms with Crippen molar-refractivity contribution in [2.24, 2.45) is 0 Å². The number of nitrogen functional groups attached to an aromatic ring is 1. The van der Waals surface area contributed by atoms with Gasteiger partial charge in [0.2, 0.25) is 0 Å². The first-order valence-electron chi connectivity index (χ1n) is 10.8. The number of carbonyl (C=O) groups excluding carboxylic acids is 1. The van der Waals surface area contributed by atoms with Gasteiger partial charge in [-0.05, 0) is 65.7 Å². The summed E-state index contributed by atoms with van der Waals surface area (Å²) in [5.74, 6) is 1.50. The quantitative estimate of drug-likeness (QED) is 0.506. The monoisotopic (exact) mass is 487 g/mol. The molecule has 2 N–H and O–H groups in total. The number of rotatable bonds is 2. The predicted molar refractivity (Wildman–Crippen MR) is 127 cm³/mol. The Labute approximate surface area is 191 Å². The minimum absolute atomic E-state index is 0.112. The summed E-state index contributed by atoms with van der Waals surface area (Å²) in [6, 6.07) is 6.24. The zero-order chi connectivity index (χ0) is 22.5. The molecule has 4 rings (SSSR count). The lowest BCUT2D eigenvalue weighted by Gasteiger charge is -2.34. The minimum Gasteiger partial charge on any atom is -0.444 e. The molecule has 31 heavy (non-hydrogen) atoms. The van der Waals surface area contributed by atoms with Gasteiger partial charge in [0.15, 0.2) is 5.82 Å². The molecule has 0 spiro atoms. The Bertz CT molecular complexity index is 1150. The van der Waals surface area contributed by atoms with Crippen molar-refractivity contribution in [1.29, 1.82) is 0 Å². The number of ether oxygens (including phenoxy) is 1. The maximum Gasteiger partial charge on any atom is 0.410 e. The van der Waals surface area contributed by atoms with Crippen molar-refractivity contribution in [3.63, 3.8) is 0 Å². The zero-order valence-electron chi connectivity index (χ0n) is 18.8. The fraction of sp³-hybridized carbons (Fsp3) is 0.522. The number of pyridine rings is 1. The van der Waals surface area contributed by atoms with E-state index in [1.54, 1.807) is 4.90 Å². The van der Waals surface area contributed by atoms with Crippen molar-refractivity contribution in [1.82, 2.24) is 19.4 Å². The molecule has 1 fully saturated rings. The Hall–Kier alpha value is -2.35. The Morgan fingerprint density at radius 2 is 2.03 bits per heavy atom. The second-order valence-electron chi connectivity index (χ2n) is 9.55. The number of fused-ring (bicyclic) bond motifs is 3. The first-order valence-corrected chi connectivity index (χ1v) is 11.6. The average molecular weight is 488 g/mol. The number of anilines is 1. The number of amides is 1. The Morgan fingerprint density at radius 1 is 1.29 bits per heavy atom. The first kappa shape index (κ1) is 21.9. The minimum atomic E-state index is -0.511. The maximum atomic E-state index is 12.7. The molecule has 1 unspecified atom stereocenters. The lowest BCUT2D eigenvalue weighted by Crippen LogP contribution is -2.42. The van der Waals surface area contributed by atoms with Crippen molar-refractivity contribution in [2.45, 2.75) is 65.0 Å². The molecule has 0 bridgehead atoms. The number of imidazole rings is 1. The van der Waals surface area contributed by atoms with E-state index in [2.05, 4.69) is 45.4 Å². The lowest BCUT2D eigenvalue weighted by molar-refractivity contribution is 0.0195. The van der Waals surface area contributed by atoms with Crippen LogP contribution < -0.4 is 5.73 Å². The third-order valence-corrected chi connectivity index (χ3v) is 6.08. The van der Waals surface area contributed by atoms with Crippen LogP contribution in [-0.2, 0) is 4.74 Å². The average Bonchev–Trinajstić information content (AvgIpc) is 3.08. The highest BCUT2D eigenvalue weighted by Gasteiger charge is 2.32. The van der Waals surface area contributed by atoms with Crippen molar-refractivity contribution < 1.29 is 9.53 Å². The number of aromatic nitrogens is 3. The molecule has 8 heteroatoms. The number of halogens is 1. The molecule has 0 radical (unpaired) electrons. The largest absolute Gasteiger partial charge is 0.444 e. The highest BCUT2D eigenvalue weighted by Crippen LogP contribution is 2.37. The van der Waals surface area contributed by atoms with E-state index in [9.17, 15) is 4.79 Å². The van der Waals surface area contributed by atoms with Gasteiger partial charge in [0.05, 0.1) is 11.0 Å². The van der Waals surface area contributed by atoms with Gasteiger partial charge >= 0.3 is 6.09 Å². The van der Waals surface area contributed by atoms with Crippen LogP contribution in [0.3, 0.4) is 0 Å². The fourth-order valence-electron chi connectivity index (χ4n) is 4.36. The van der Waals surface area contributed by atoms with E-state index in [-0.39, 0.29) is 18.1 Å². The van der Waals surface area contributed by atoms with Crippen LogP contribution in [0.15, 0.2) is 22.7 Å². The van der Waals surface area contributed by atoms with E-state index in [0.29, 0.717) is 18.9 Å². The number of benzene rings is 1. The van der Waals surface area contributed by atoms with Crippen LogP contribution in [0.2, 0.25) is 0 Å². The zero-order valence-corrected chi connectivity index (χ0v) is 20.4. The van der Waals surface area contributed by atoms with E-state index in [0.717, 1.165) is 45.1 Å². The third kappa shape index (κ3) is 4.22. The molecule has 1 amide bonds. The van der Waals surface area contributed by atoms with Gasteiger partial charge in [-0.2, -0.15) is 0 Å². The molecule has 1 aliphatic heterocycles. The summed E-state index contributed by atoms with van der Waals surface area (Å²) in [7, 11) is 0. The molecule has 2 aromatic heterocycles. The number of nitrogens with zero attached hydrogens (tertiary/aromatic N) is 4. The fourth-order valence-corrected chi connectivity index (χ4v) is 4.71. The summed E-state index contributed by atoms with van der Waals surface area (Å²) in [6.07, 6.45) is 1.61. The lowest BCUT2D eigenvalue weighted by atomic mass is 9.97. The molecule has 1 saturated heterocycles. The van der Waals surface area contributed by atoms with E-state index >= 15 is 0 Å². The van der Waals surface area contributed by atoms with Gasteiger partial charge in [-0.1, -0.05) is 15.9 Å². The Balaban J connectivity index is 1.80. The molecule has 0 aliphatic carbocycles. The number of carbonyl (C=O) groups is 1. The summed E-state index contributed by atoms with van der Waals surface area (Å²) >= 11 is 3.52. The summed E-state index contributed by atoms with van der Waals surface area (Å²) in [4.78, 5) is 24.1. The van der Waals surface area contributed by atoms with Gasteiger partial charge in [-0.25, -0.2) is 14.8 Å². The van der Waals surface area contributed by atoms with Gasteiger partial charge in [0.25, 0.3) is 0 Å². The van der Waals surface area contributed by atoms with E-state index < -0.39 is 5.60 Å². The third-order valence-electron chi connectivity index (χ3n) is 5.59. The second-order valence-corrected chi connectivity index (χ2v) is 10.5. The normalized spacial score (nSPS) is 17.6. The maximum absolute atomic E-state index is 12.7. The number of hydrogen-bond donors (Lipinski definition) is 1. The molecule has 3 heterocycles. The number of likely N-dealkylation sites (tertiary alicyclic amines) is 1. The summed E-state index contributed by atoms with van der Waals surface area (Å²) in [6.45, 7) is 11.3. The van der Waals surface area contributed by atoms with Gasteiger partial charge < -0.3 is 19.9 Å². The smallest absolute Gasteiger partial charge is 0.410 e. The van der Waals surface area contributed by atoms with E-state index in [1.165, 1.54) is 0 Å². The molecular formula is C23H30BrN5O2. The molecule has 0 saturated carbocycles. The first-order chi connectivity index (χ1) is 14.5. The highest BCUT2D eigenvalue weighted by atomic mass is 79.9. The number of nitrogens with two attached hydrogens (primary N) is 1. The molecule has 1 aromatic carbocycles. The van der Waals surface area contributed by atoms with Crippen LogP contribution in [0.4, 0.5) is 10.6 Å². The summed E-state index contributed by atoms with van der Waals surface area (Å²) in [5, 5.41) is 1.03. The van der Waals surface area contributed by atoms with Crippen LogP contribution in [0.1, 0.15) is 65.2 Å². The van der Waals surface area contributed by atoms with E-state index in [4.69, 9.17) is 15.5 Å². The second kappa shape index (κ2) is 7.97. The predicted octanol–water partition coefficient (Wildman–Crippen LogP) is 5.62. The van der Waals surface area contributed by atoms with Crippen molar-refractivity contribution in [3.05, 3.63) is 28.5 Å². The van der Waals surface area contributed by atoms with Crippen molar-refractivity contribution >= 4 is 49.8 Å². The molecule has 3 aromatic rings. The molecule has 166 valence electrons. The Kier molecular flexibility index (Phi) is 5.62. The van der Waals surface area contributed by atoms with Crippen molar-refractivity contribution in [3.8, 4) is 0 Å². The van der Waals surface area contributed by atoms with Crippen LogP contribution in [-0.4, -0.2) is 44.2 Å². The molecule has 1 atom stereocenters. The summed E-state index contributed by atoms with van der Waals surface area (Å²) < 4.78 is 8.84. The molecular weight excluding hydrogens is 458 g/mol. The van der Waals surface area contributed by atoms with Crippen molar-refractivity contribution in [2.75, 3.05) is 18.8 Å². The van der Waals surface area contributed by atoms with Gasteiger partial charge in [-0.15, -0.1) is 0 Å². The number of hydrogen-bond acceptors (Lipinski definition) is 5.